The Balaban J connectivity index is 0. The summed E-state index contributed by atoms with van der Waals surface area (Å²) in [5, 5.41) is 0. The second kappa shape index (κ2) is 9.28. The normalized spacial score (nSPS) is 11.6. The van der Waals surface area contributed by atoms with E-state index < -0.39 is 0 Å². The minimum absolute atomic E-state index is 0.611. The van der Waals surface area contributed by atoms with Gasteiger partial charge in [-0.3, -0.25) is 0 Å². The first-order valence-electron chi connectivity index (χ1n) is 4.23. The third-order valence-electron chi connectivity index (χ3n) is 1.01. The minimum Gasteiger partial charge on any atom is -0.404 e. The molecule has 1 heteroatoms. The van der Waals surface area contributed by atoms with Crippen LogP contribution in [-0.2, 0) is 0 Å². The summed E-state index contributed by atoms with van der Waals surface area (Å²) in [5.41, 5.74) is 6.36. The van der Waals surface area contributed by atoms with Crippen LogP contribution in [0.15, 0.2) is 23.9 Å². The van der Waals surface area contributed by atoms with Crippen molar-refractivity contribution < 1.29 is 0 Å². The highest BCUT2D eigenvalue weighted by Crippen LogP contribution is 1.98. The molecule has 0 aromatic heterocycles. The molecule has 0 fully saturated rings. The Morgan fingerprint density at radius 1 is 1.27 bits per heavy atom. The summed E-state index contributed by atoms with van der Waals surface area (Å²) in [5.74, 6) is 0.611. The van der Waals surface area contributed by atoms with Gasteiger partial charge in [0.1, 0.15) is 0 Å². The van der Waals surface area contributed by atoms with E-state index in [2.05, 4.69) is 19.9 Å². The maximum atomic E-state index is 5.24. The SMILES string of the molecule is CC.CC(/C=C\C(C)C)=C/N. The molecule has 0 aliphatic rings. The second-order valence-corrected chi connectivity index (χ2v) is 2.51. The number of rotatable bonds is 2. The molecule has 0 aromatic carbocycles. The number of hydrogen-bond acceptors (Lipinski definition) is 1. The van der Waals surface area contributed by atoms with Crippen molar-refractivity contribution in [3.63, 3.8) is 0 Å². The monoisotopic (exact) mass is 155 g/mol. The Kier molecular flexibility index (Phi) is 10.9. The Hall–Kier alpha value is -0.720. The van der Waals surface area contributed by atoms with Crippen molar-refractivity contribution in [1.82, 2.24) is 0 Å². The van der Waals surface area contributed by atoms with Gasteiger partial charge in [0.05, 0.1) is 0 Å². The molecule has 11 heavy (non-hydrogen) atoms. The molecule has 0 spiro atoms. The van der Waals surface area contributed by atoms with E-state index in [1.165, 1.54) is 0 Å². The fourth-order valence-corrected chi connectivity index (χ4v) is 0.400. The van der Waals surface area contributed by atoms with E-state index in [0.717, 1.165) is 5.57 Å². The van der Waals surface area contributed by atoms with Crippen LogP contribution in [0.5, 0.6) is 0 Å². The van der Waals surface area contributed by atoms with Crippen molar-refractivity contribution in [2.45, 2.75) is 34.6 Å². The van der Waals surface area contributed by atoms with Crippen LogP contribution in [0.2, 0.25) is 0 Å². The molecule has 0 bridgehead atoms. The molecule has 0 amide bonds. The molecule has 0 aliphatic heterocycles. The average molecular weight is 155 g/mol. The Bertz CT molecular complexity index is 121. The lowest BCUT2D eigenvalue weighted by Crippen LogP contribution is -1.82. The molecule has 1 nitrogen and oxygen atoms in total. The molecule has 66 valence electrons. The first-order valence-corrected chi connectivity index (χ1v) is 4.23. The van der Waals surface area contributed by atoms with Crippen molar-refractivity contribution in [3.05, 3.63) is 23.9 Å². The van der Waals surface area contributed by atoms with Crippen LogP contribution in [0.4, 0.5) is 0 Å². The topological polar surface area (TPSA) is 26.0 Å². The van der Waals surface area contributed by atoms with Crippen molar-refractivity contribution in [3.8, 4) is 0 Å². The molecule has 0 saturated carbocycles. The predicted octanol–water partition coefficient (Wildman–Crippen LogP) is 3.09. The Morgan fingerprint density at radius 2 is 1.73 bits per heavy atom. The quantitative estimate of drug-likeness (QED) is 0.609. The lowest BCUT2D eigenvalue weighted by Gasteiger charge is -1.92. The third kappa shape index (κ3) is 12.5. The Morgan fingerprint density at radius 3 is 2.00 bits per heavy atom. The van der Waals surface area contributed by atoms with Gasteiger partial charge in [0.25, 0.3) is 0 Å². The maximum absolute atomic E-state index is 5.24. The largest absolute Gasteiger partial charge is 0.404 e. The zero-order valence-corrected chi connectivity index (χ0v) is 8.39. The smallest absolute Gasteiger partial charge is 0.00327 e. The van der Waals surface area contributed by atoms with Gasteiger partial charge in [0, 0.05) is 0 Å². The van der Waals surface area contributed by atoms with Gasteiger partial charge in [-0.25, -0.2) is 0 Å². The molecule has 0 rings (SSSR count). The molecule has 0 aliphatic carbocycles. The van der Waals surface area contributed by atoms with Gasteiger partial charge in [0.2, 0.25) is 0 Å². The molecule has 0 atom stereocenters. The number of hydrogen-bond donors (Lipinski definition) is 1. The molecule has 0 aromatic rings. The molecule has 2 N–H and O–H groups in total. The zero-order chi connectivity index (χ0) is 9.28. The highest BCUT2D eigenvalue weighted by molar-refractivity contribution is 5.14. The number of nitrogens with two attached hydrogens (primary N) is 1. The molecule has 0 heterocycles. The van der Waals surface area contributed by atoms with E-state index in [-0.39, 0.29) is 0 Å². The van der Waals surface area contributed by atoms with Gasteiger partial charge < -0.3 is 5.73 Å². The second-order valence-electron chi connectivity index (χ2n) is 2.51. The fraction of sp³-hybridized carbons (Fsp3) is 0.600. The van der Waals surface area contributed by atoms with Gasteiger partial charge >= 0.3 is 0 Å². The number of allylic oxidation sites excluding steroid dienone is 3. The van der Waals surface area contributed by atoms with E-state index in [0.29, 0.717) is 5.92 Å². The molecule has 0 radical (unpaired) electrons. The highest BCUT2D eigenvalue weighted by Gasteiger charge is 1.82. The van der Waals surface area contributed by atoms with Gasteiger partial charge in [-0.05, 0) is 24.6 Å². The van der Waals surface area contributed by atoms with Crippen LogP contribution >= 0.6 is 0 Å². The molecular formula is C10H21N. The lowest BCUT2D eigenvalue weighted by atomic mass is 10.2. The van der Waals surface area contributed by atoms with E-state index in [9.17, 15) is 0 Å². The lowest BCUT2D eigenvalue weighted by molar-refractivity contribution is 0.830. The van der Waals surface area contributed by atoms with E-state index in [1.807, 2.05) is 26.8 Å². The molecule has 0 saturated heterocycles. The average Bonchev–Trinajstić information content (AvgIpc) is 2.04. The van der Waals surface area contributed by atoms with E-state index >= 15 is 0 Å². The minimum atomic E-state index is 0.611. The third-order valence-corrected chi connectivity index (χ3v) is 1.01. The van der Waals surface area contributed by atoms with Crippen molar-refractivity contribution >= 4 is 0 Å². The first-order chi connectivity index (χ1) is 5.16. The Labute approximate surface area is 71.0 Å². The summed E-state index contributed by atoms with van der Waals surface area (Å²) >= 11 is 0. The van der Waals surface area contributed by atoms with E-state index in [4.69, 9.17) is 5.73 Å². The standard InChI is InChI=1S/C8H15N.C2H6/c1-7(2)4-5-8(3)6-9;1-2/h4-7H,9H2,1-3H3;1-2H3/b5-4-,8-6-;. The summed E-state index contributed by atoms with van der Waals surface area (Å²) in [6.45, 7) is 10.3. The summed E-state index contributed by atoms with van der Waals surface area (Å²) in [6.07, 6.45) is 5.77. The van der Waals surface area contributed by atoms with Gasteiger partial charge in [-0.15, -0.1) is 0 Å². The van der Waals surface area contributed by atoms with Crippen molar-refractivity contribution in [1.29, 1.82) is 0 Å². The summed E-state index contributed by atoms with van der Waals surface area (Å²) < 4.78 is 0. The van der Waals surface area contributed by atoms with Crippen LogP contribution in [0.25, 0.3) is 0 Å². The van der Waals surface area contributed by atoms with E-state index in [1.54, 1.807) is 6.20 Å². The van der Waals surface area contributed by atoms with Crippen LogP contribution in [-0.4, -0.2) is 0 Å². The fourth-order valence-electron chi connectivity index (χ4n) is 0.400. The summed E-state index contributed by atoms with van der Waals surface area (Å²) in [6, 6.07) is 0. The van der Waals surface area contributed by atoms with Gasteiger partial charge in [-0.1, -0.05) is 39.8 Å². The summed E-state index contributed by atoms with van der Waals surface area (Å²) in [4.78, 5) is 0. The van der Waals surface area contributed by atoms with Crippen LogP contribution < -0.4 is 5.73 Å². The zero-order valence-electron chi connectivity index (χ0n) is 8.39. The van der Waals surface area contributed by atoms with Crippen LogP contribution in [0.1, 0.15) is 34.6 Å². The molecular weight excluding hydrogens is 134 g/mol. The highest BCUT2D eigenvalue weighted by atomic mass is 14.5. The maximum Gasteiger partial charge on any atom is -0.00327 e. The van der Waals surface area contributed by atoms with Crippen LogP contribution in [0, 0.1) is 5.92 Å². The van der Waals surface area contributed by atoms with Crippen molar-refractivity contribution in [2.75, 3.05) is 0 Å². The predicted molar refractivity (Wildman–Crippen MR) is 53.3 cm³/mol. The first kappa shape index (κ1) is 12.9. The summed E-state index contributed by atoms with van der Waals surface area (Å²) in [7, 11) is 0. The van der Waals surface area contributed by atoms with Crippen molar-refractivity contribution in [2.24, 2.45) is 11.7 Å². The van der Waals surface area contributed by atoms with Gasteiger partial charge in [0.15, 0.2) is 0 Å². The molecule has 0 unspecified atom stereocenters. The van der Waals surface area contributed by atoms with Crippen LogP contribution in [0.3, 0.4) is 0 Å². The van der Waals surface area contributed by atoms with Gasteiger partial charge in [-0.2, -0.15) is 0 Å².